The van der Waals surface area contributed by atoms with Crippen molar-refractivity contribution in [2.75, 3.05) is 18.5 Å². The van der Waals surface area contributed by atoms with Crippen LogP contribution in [0.25, 0.3) is 0 Å². The summed E-state index contributed by atoms with van der Waals surface area (Å²) >= 11 is 8.69. The van der Waals surface area contributed by atoms with Gasteiger partial charge in [0, 0.05) is 17.3 Å². The molecule has 0 saturated heterocycles. The first-order valence-electron chi connectivity index (χ1n) is 9.16. The molecular formula is C21H25BrN2O3S. The van der Waals surface area contributed by atoms with Crippen molar-refractivity contribution in [3.63, 3.8) is 0 Å². The normalized spacial score (nSPS) is 10.5. The van der Waals surface area contributed by atoms with E-state index < -0.39 is 0 Å². The fraction of sp³-hybridized carbons (Fsp3) is 0.333. The number of anilines is 1. The zero-order valence-electron chi connectivity index (χ0n) is 16.3. The average Bonchev–Trinajstić information content (AvgIpc) is 2.65. The molecule has 0 radical (unpaired) electrons. The third-order valence-corrected chi connectivity index (χ3v) is 4.38. The summed E-state index contributed by atoms with van der Waals surface area (Å²) in [5, 5.41) is 5.91. The summed E-state index contributed by atoms with van der Waals surface area (Å²) in [5.74, 6) is 1.60. The van der Waals surface area contributed by atoms with Gasteiger partial charge >= 0.3 is 0 Å². The number of carbonyl (C=O) groups excluding carboxylic acids is 1. The van der Waals surface area contributed by atoms with Crippen LogP contribution in [0, 0.1) is 5.92 Å². The van der Waals surface area contributed by atoms with E-state index in [1.54, 1.807) is 18.2 Å². The van der Waals surface area contributed by atoms with Crippen LogP contribution in [0.1, 0.15) is 37.6 Å². The van der Waals surface area contributed by atoms with Crippen molar-refractivity contribution in [3.8, 4) is 11.5 Å². The van der Waals surface area contributed by atoms with Crippen molar-refractivity contribution in [1.82, 2.24) is 5.32 Å². The number of benzene rings is 2. The number of thiocarbonyl (C=S) groups is 1. The van der Waals surface area contributed by atoms with Crippen LogP contribution in [-0.4, -0.2) is 24.2 Å². The highest BCUT2D eigenvalue weighted by Gasteiger charge is 2.11. The van der Waals surface area contributed by atoms with Gasteiger partial charge in [-0.05, 0) is 70.8 Å². The second-order valence-corrected chi connectivity index (χ2v) is 7.90. The number of nitrogens with one attached hydrogen (secondary N) is 2. The highest BCUT2D eigenvalue weighted by Crippen LogP contribution is 2.26. The van der Waals surface area contributed by atoms with Crippen LogP contribution < -0.4 is 20.1 Å². The first-order chi connectivity index (χ1) is 13.4. The third-order valence-electron chi connectivity index (χ3n) is 3.56. The predicted molar refractivity (Wildman–Crippen MR) is 120 cm³/mol. The van der Waals surface area contributed by atoms with Crippen LogP contribution in [0.5, 0.6) is 11.5 Å². The Morgan fingerprint density at radius 3 is 2.64 bits per heavy atom. The number of halogens is 1. The lowest BCUT2D eigenvalue weighted by Crippen LogP contribution is -2.34. The first-order valence-corrected chi connectivity index (χ1v) is 10.4. The Labute approximate surface area is 179 Å². The standard InChI is InChI=1S/C21H25BrN2O3S/c1-4-10-26-19-9-8-15(11-18(19)22)20(25)24-21(28)23-16-6-5-7-17(12-16)27-13-14(2)3/h5-9,11-12,14H,4,10,13H2,1-3H3,(H2,23,24,25,28). The van der Waals surface area contributed by atoms with Gasteiger partial charge in [0.05, 0.1) is 17.7 Å². The van der Waals surface area contributed by atoms with Gasteiger partial charge < -0.3 is 14.8 Å². The summed E-state index contributed by atoms with van der Waals surface area (Å²) in [6, 6.07) is 12.6. The van der Waals surface area contributed by atoms with Crippen LogP contribution in [0.2, 0.25) is 0 Å². The minimum absolute atomic E-state index is 0.216. The molecule has 0 bridgehead atoms. The van der Waals surface area contributed by atoms with Crippen molar-refractivity contribution in [3.05, 3.63) is 52.5 Å². The molecule has 0 saturated carbocycles. The van der Waals surface area contributed by atoms with E-state index in [0.29, 0.717) is 30.4 Å². The van der Waals surface area contributed by atoms with E-state index in [0.717, 1.165) is 22.3 Å². The molecular weight excluding hydrogens is 440 g/mol. The van der Waals surface area contributed by atoms with E-state index in [4.69, 9.17) is 21.7 Å². The smallest absolute Gasteiger partial charge is 0.257 e. The second kappa shape index (κ2) is 11.0. The largest absolute Gasteiger partial charge is 0.493 e. The van der Waals surface area contributed by atoms with Gasteiger partial charge in [-0.15, -0.1) is 0 Å². The highest BCUT2D eigenvalue weighted by atomic mass is 79.9. The molecule has 28 heavy (non-hydrogen) atoms. The van der Waals surface area contributed by atoms with Gasteiger partial charge in [-0.3, -0.25) is 10.1 Å². The van der Waals surface area contributed by atoms with Crippen molar-refractivity contribution >= 4 is 44.9 Å². The summed E-state index contributed by atoms with van der Waals surface area (Å²) in [5.41, 5.74) is 1.23. The lowest BCUT2D eigenvalue weighted by molar-refractivity contribution is 0.0977. The number of amides is 1. The Balaban J connectivity index is 1.94. The Hall–Kier alpha value is -2.12. The van der Waals surface area contributed by atoms with Crippen LogP contribution in [-0.2, 0) is 0 Å². The molecule has 2 aromatic rings. The molecule has 0 spiro atoms. The van der Waals surface area contributed by atoms with Crippen LogP contribution in [0.3, 0.4) is 0 Å². The maximum atomic E-state index is 12.4. The molecule has 2 N–H and O–H groups in total. The molecule has 0 aliphatic heterocycles. The molecule has 5 nitrogen and oxygen atoms in total. The van der Waals surface area contributed by atoms with E-state index in [9.17, 15) is 4.79 Å². The molecule has 7 heteroatoms. The van der Waals surface area contributed by atoms with E-state index in [-0.39, 0.29) is 11.0 Å². The van der Waals surface area contributed by atoms with Crippen molar-refractivity contribution in [2.24, 2.45) is 5.92 Å². The van der Waals surface area contributed by atoms with E-state index in [1.165, 1.54) is 0 Å². The van der Waals surface area contributed by atoms with Gasteiger partial charge in [0.15, 0.2) is 5.11 Å². The number of hydrogen-bond donors (Lipinski definition) is 2. The van der Waals surface area contributed by atoms with Gasteiger partial charge in [0.2, 0.25) is 0 Å². The van der Waals surface area contributed by atoms with Crippen LogP contribution in [0.15, 0.2) is 46.9 Å². The molecule has 2 aromatic carbocycles. The molecule has 0 aliphatic rings. The molecule has 0 heterocycles. The maximum Gasteiger partial charge on any atom is 0.257 e. The SMILES string of the molecule is CCCOc1ccc(C(=O)NC(=S)Nc2cccc(OCC(C)C)c2)cc1Br. The third kappa shape index (κ3) is 7.13. The highest BCUT2D eigenvalue weighted by molar-refractivity contribution is 9.10. The van der Waals surface area contributed by atoms with Crippen molar-refractivity contribution < 1.29 is 14.3 Å². The molecule has 1 amide bonds. The molecule has 0 fully saturated rings. The van der Waals surface area contributed by atoms with Crippen LogP contribution in [0.4, 0.5) is 5.69 Å². The lowest BCUT2D eigenvalue weighted by atomic mass is 10.2. The average molecular weight is 465 g/mol. The van der Waals surface area contributed by atoms with Gasteiger partial charge in [0.25, 0.3) is 5.91 Å². The predicted octanol–water partition coefficient (Wildman–Crippen LogP) is 5.40. The van der Waals surface area contributed by atoms with Gasteiger partial charge in [-0.25, -0.2) is 0 Å². The topological polar surface area (TPSA) is 59.6 Å². The second-order valence-electron chi connectivity index (χ2n) is 6.63. The quantitative estimate of drug-likeness (QED) is 0.512. The molecule has 0 aromatic heterocycles. The Morgan fingerprint density at radius 2 is 1.96 bits per heavy atom. The molecule has 0 aliphatic carbocycles. The number of hydrogen-bond acceptors (Lipinski definition) is 4. The molecule has 0 unspecified atom stereocenters. The summed E-state index contributed by atoms with van der Waals surface area (Å²) in [6.07, 6.45) is 0.915. The maximum absolute atomic E-state index is 12.4. The number of ether oxygens (including phenoxy) is 2. The monoisotopic (exact) mass is 464 g/mol. The lowest BCUT2D eigenvalue weighted by Gasteiger charge is -2.13. The fourth-order valence-electron chi connectivity index (χ4n) is 2.24. The van der Waals surface area contributed by atoms with E-state index >= 15 is 0 Å². The summed E-state index contributed by atoms with van der Waals surface area (Å²) in [7, 11) is 0. The molecule has 150 valence electrons. The first kappa shape index (κ1) is 22.2. The minimum Gasteiger partial charge on any atom is -0.493 e. The zero-order chi connectivity index (χ0) is 20.5. The van der Waals surface area contributed by atoms with Gasteiger partial charge in [-0.1, -0.05) is 26.8 Å². The Bertz CT molecular complexity index is 827. The Morgan fingerprint density at radius 1 is 1.18 bits per heavy atom. The van der Waals surface area contributed by atoms with E-state index in [1.807, 2.05) is 31.2 Å². The summed E-state index contributed by atoms with van der Waals surface area (Å²) in [4.78, 5) is 12.4. The zero-order valence-corrected chi connectivity index (χ0v) is 18.7. The number of rotatable bonds is 8. The minimum atomic E-state index is -0.299. The molecule has 0 atom stereocenters. The van der Waals surface area contributed by atoms with Crippen molar-refractivity contribution in [1.29, 1.82) is 0 Å². The Kier molecular flexibility index (Phi) is 8.73. The summed E-state index contributed by atoms with van der Waals surface area (Å²) < 4.78 is 12.0. The van der Waals surface area contributed by atoms with Crippen molar-refractivity contribution in [2.45, 2.75) is 27.2 Å². The fourth-order valence-corrected chi connectivity index (χ4v) is 2.94. The van der Waals surface area contributed by atoms with Crippen LogP contribution >= 0.6 is 28.1 Å². The number of carbonyl (C=O) groups is 1. The molecule has 2 rings (SSSR count). The van der Waals surface area contributed by atoms with Gasteiger partial charge in [0.1, 0.15) is 11.5 Å². The summed E-state index contributed by atoms with van der Waals surface area (Å²) in [6.45, 7) is 7.48. The van der Waals surface area contributed by atoms with Gasteiger partial charge in [-0.2, -0.15) is 0 Å². The van der Waals surface area contributed by atoms with E-state index in [2.05, 4.69) is 40.4 Å².